The Kier molecular flexibility index (Phi) is 5.76. The lowest BCUT2D eigenvalue weighted by atomic mass is 10.1. The summed E-state index contributed by atoms with van der Waals surface area (Å²) < 4.78 is 32.3. The third-order valence-electron chi connectivity index (χ3n) is 3.05. The Morgan fingerprint density at radius 2 is 1.74 bits per heavy atom. The Morgan fingerprint density at radius 3 is 2.30 bits per heavy atom. The highest BCUT2D eigenvalue weighted by atomic mass is 35.5. The molecule has 7 heteroatoms. The molecule has 2 rings (SSSR count). The fourth-order valence-corrected chi connectivity index (χ4v) is 3.26. The van der Waals surface area contributed by atoms with Crippen LogP contribution in [-0.4, -0.2) is 21.0 Å². The van der Waals surface area contributed by atoms with Crippen LogP contribution >= 0.6 is 11.6 Å². The minimum atomic E-state index is -3.90. The molecule has 0 amide bonds. The third-order valence-corrected chi connectivity index (χ3v) is 4.74. The maximum Gasteiger partial charge on any atom is 0.328 e. The Labute approximate surface area is 140 Å². The molecule has 0 fully saturated rings. The van der Waals surface area contributed by atoms with Gasteiger partial charge in [-0.2, -0.15) is 4.72 Å². The first-order valence-corrected chi connectivity index (χ1v) is 8.79. The highest BCUT2D eigenvalue weighted by Gasteiger charge is 2.28. The molecule has 0 saturated heterocycles. The average Bonchev–Trinajstić information content (AvgIpc) is 2.54. The second-order valence-corrected chi connectivity index (χ2v) is 6.82. The smallest absolute Gasteiger partial charge is 0.328 e. The molecule has 0 radical (unpaired) electrons. The summed E-state index contributed by atoms with van der Waals surface area (Å²) in [5.74, 6) is -0.656. The van der Waals surface area contributed by atoms with Crippen LogP contribution in [0.2, 0.25) is 5.02 Å². The highest BCUT2D eigenvalue weighted by Crippen LogP contribution is 2.20. The van der Waals surface area contributed by atoms with Gasteiger partial charge in [0.1, 0.15) is 6.04 Å². The van der Waals surface area contributed by atoms with Crippen LogP contribution in [0.4, 0.5) is 0 Å². The molecule has 0 saturated carbocycles. The molecule has 0 heterocycles. The quantitative estimate of drug-likeness (QED) is 0.810. The third kappa shape index (κ3) is 4.54. The van der Waals surface area contributed by atoms with Crippen molar-refractivity contribution in [3.8, 4) is 0 Å². The van der Waals surface area contributed by atoms with Crippen LogP contribution in [0.5, 0.6) is 0 Å². The SMILES string of the molecule is CCOC(=O)C(NS(=O)(=O)c1ccc(Cl)cc1)c1ccccc1. The van der Waals surface area contributed by atoms with Crippen molar-refractivity contribution in [3.05, 3.63) is 65.2 Å². The first-order chi connectivity index (χ1) is 10.9. The van der Waals surface area contributed by atoms with E-state index in [0.29, 0.717) is 10.6 Å². The van der Waals surface area contributed by atoms with E-state index in [9.17, 15) is 13.2 Å². The van der Waals surface area contributed by atoms with Crippen molar-refractivity contribution < 1.29 is 17.9 Å². The number of hydrogen-bond acceptors (Lipinski definition) is 4. The van der Waals surface area contributed by atoms with E-state index in [0.717, 1.165) is 0 Å². The van der Waals surface area contributed by atoms with Crippen molar-refractivity contribution in [2.45, 2.75) is 17.9 Å². The molecule has 1 atom stereocenters. The second-order valence-electron chi connectivity index (χ2n) is 4.67. The van der Waals surface area contributed by atoms with Crippen LogP contribution < -0.4 is 4.72 Å². The van der Waals surface area contributed by atoms with Crippen molar-refractivity contribution in [1.29, 1.82) is 0 Å². The number of rotatable bonds is 6. The van der Waals surface area contributed by atoms with E-state index in [-0.39, 0.29) is 11.5 Å². The van der Waals surface area contributed by atoms with E-state index >= 15 is 0 Å². The topological polar surface area (TPSA) is 72.5 Å². The van der Waals surface area contributed by atoms with Crippen molar-refractivity contribution in [3.63, 3.8) is 0 Å². The van der Waals surface area contributed by atoms with Gasteiger partial charge in [-0.3, -0.25) is 0 Å². The number of esters is 1. The summed E-state index contributed by atoms with van der Waals surface area (Å²) in [6.07, 6.45) is 0. The standard InChI is InChI=1S/C16H16ClNO4S/c1-2-22-16(19)15(12-6-4-3-5-7-12)18-23(20,21)14-10-8-13(17)9-11-14/h3-11,15,18H,2H2,1H3. The van der Waals surface area contributed by atoms with Gasteiger partial charge in [-0.25, -0.2) is 13.2 Å². The molecule has 0 aliphatic heterocycles. The van der Waals surface area contributed by atoms with Gasteiger partial charge in [0.05, 0.1) is 11.5 Å². The normalized spacial score (nSPS) is 12.6. The molecule has 0 aliphatic rings. The molecule has 0 spiro atoms. The van der Waals surface area contributed by atoms with Gasteiger partial charge in [0.25, 0.3) is 0 Å². The predicted octanol–water partition coefficient (Wildman–Crippen LogP) is 2.92. The molecule has 5 nitrogen and oxygen atoms in total. The molecule has 1 unspecified atom stereocenters. The zero-order valence-corrected chi connectivity index (χ0v) is 14.0. The Balaban J connectivity index is 2.33. The van der Waals surface area contributed by atoms with Crippen LogP contribution in [0.15, 0.2) is 59.5 Å². The molecule has 0 aromatic heterocycles. The second kappa shape index (κ2) is 7.59. The minimum Gasteiger partial charge on any atom is -0.465 e. The van der Waals surface area contributed by atoms with E-state index in [2.05, 4.69) is 4.72 Å². The molecular formula is C16H16ClNO4S. The minimum absolute atomic E-state index is 0.0205. The van der Waals surface area contributed by atoms with E-state index in [1.165, 1.54) is 24.3 Å². The zero-order valence-electron chi connectivity index (χ0n) is 12.4. The van der Waals surface area contributed by atoms with Crippen LogP contribution in [-0.2, 0) is 19.6 Å². The fraction of sp³-hybridized carbons (Fsp3) is 0.188. The maximum absolute atomic E-state index is 12.5. The summed E-state index contributed by atoms with van der Waals surface area (Å²) in [4.78, 5) is 12.2. The Morgan fingerprint density at radius 1 is 1.13 bits per heavy atom. The van der Waals surface area contributed by atoms with Crippen molar-refractivity contribution in [2.24, 2.45) is 0 Å². The van der Waals surface area contributed by atoms with Gasteiger partial charge in [-0.1, -0.05) is 41.9 Å². The molecule has 23 heavy (non-hydrogen) atoms. The monoisotopic (exact) mass is 353 g/mol. The van der Waals surface area contributed by atoms with Crippen LogP contribution in [0.3, 0.4) is 0 Å². The summed E-state index contributed by atoms with van der Waals surface area (Å²) in [7, 11) is -3.90. The van der Waals surface area contributed by atoms with Crippen molar-refractivity contribution >= 4 is 27.6 Å². The molecule has 2 aromatic carbocycles. The zero-order chi connectivity index (χ0) is 16.9. The first-order valence-electron chi connectivity index (χ1n) is 6.93. The van der Waals surface area contributed by atoms with Crippen molar-refractivity contribution in [1.82, 2.24) is 4.72 Å². The Hall–Kier alpha value is -1.89. The van der Waals surface area contributed by atoms with Gasteiger partial charge in [0.2, 0.25) is 10.0 Å². The number of carbonyl (C=O) groups excluding carboxylic acids is 1. The van der Waals surface area contributed by atoms with Gasteiger partial charge < -0.3 is 4.74 Å². The fourth-order valence-electron chi connectivity index (χ4n) is 1.96. The van der Waals surface area contributed by atoms with Gasteiger partial charge in [0.15, 0.2) is 0 Å². The number of halogens is 1. The van der Waals surface area contributed by atoms with Crippen LogP contribution in [0, 0.1) is 0 Å². The summed E-state index contributed by atoms with van der Waals surface area (Å²) in [5.41, 5.74) is 0.503. The molecule has 0 aliphatic carbocycles. The van der Waals surface area contributed by atoms with E-state index < -0.39 is 22.0 Å². The van der Waals surface area contributed by atoms with Gasteiger partial charge >= 0.3 is 5.97 Å². The van der Waals surface area contributed by atoms with E-state index in [1.807, 2.05) is 0 Å². The predicted molar refractivity (Wildman–Crippen MR) is 87.6 cm³/mol. The summed E-state index contributed by atoms with van der Waals surface area (Å²) in [5, 5.41) is 0.425. The number of carbonyl (C=O) groups is 1. The highest BCUT2D eigenvalue weighted by molar-refractivity contribution is 7.89. The largest absolute Gasteiger partial charge is 0.465 e. The van der Waals surface area contributed by atoms with Gasteiger partial charge in [0, 0.05) is 5.02 Å². The van der Waals surface area contributed by atoms with Crippen LogP contribution in [0.25, 0.3) is 0 Å². The lowest BCUT2D eigenvalue weighted by molar-refractivity contribution is -0.145. The molecule has 1 N–H and O–H groups in total. The average molecular weight is 354 g/mol. The summed E-state index contributed by atoms with van der Waals surface area (Å²) in [6.45, 7) is 1.82. The van der Waals surface area contributed by atoms with E-state index in [4.69, 9.17) is 16.3 Å². The maximum atomic E-state index is 12.5. The number of ether oxygens (including phenoxy) is 1. The number of sulfonamides is 1. The number of benzene rings is 2. The molecule has 0 bridgehead atoms. The first kappa shape index (κ1) is 17.5. The molecular weight excluding hydrogens is 338 g/mol. The summed E-state index contributed by atoms with van der Waals surface area (Å²) >= 11 is 5.77. The summed E-state index contributed by atoms with van der Waals surface area (Å²) in [6, 6.07) is 13.1. The van der Waals surface area contributed by atoms with Crippen LogP contribution in [0.1, 0.15) is 18.5 Å². The molecule has 2 aromatic rings. The lowest BCUT2D eigenvalue weighted by Crippen LogP contribution is -2.35. The van der Waals surface area contributed by atoms with Gasteiger partial charge in [-0.15, -0.1) is 0 Å². The van der Waals surface area contributed by atoms with Gasteiger partial charge in [-0.05, 0) is 36.8 Å². The van der Waals surface area contributed by atoms with E-state index in [1.54, 1.807) is 37.3 Å². The number of nitrogens with one attached hydrogen (secondary N) is 1. The van der Waals surface area contributed by atoms with Crippen molar-refractivity contribution in [2.75, 3.05) is 6.61 Å². The lowest BCUT2D eigenvalue weighted by Gasteiger charge is -2.17. The number of hydrogen-bond donors (Lipinski definition) is 1. The Bertz CT molecular complexity index is 760. The molecule has 122 valence electrons.